The van der Waals surface area contributed by atoms with Gasteiger partial charge in [-0.3, -0.25) is 4.79 Å². The number of hydrogen-bond acceptors (Lipinski definition) is 11. The molecule has 6 atom stereocenters. The van der Waals surface area contributed by atoms with Crippen molar-refractivity contribution >= 4 is 36.4 Å². The Bertz CT molecular complexity index is 3200. The molecule has 8 rings (SSSR count). The Hall–Kier alpha value is -9.36. The van der Waals surface area contributed by atoms with Crippen molar-refractivity contribution in [3.05, 3.63) is 241 Å². The molecule has 0 fully saturated rings. The highest BCUT2D eigenvalue weighted by Gasteiger charge is 2.33. The molecule has 0 aromatic heterocycles. The molecular weight excluding hydrogens is 993 g/mol. The smallest absolute Gasteiger partial charge is 0.338 e. The molecule has 0 spiro atoms. The van der Waals surface area contributed by atoms with E-state index in [4.69, 9.17) is 18.9 Å². The first-order valence-corrected chi connectivity index (χ1v) is 25.1. The minimum absolute atomic E-state index is 0.0804. The number of ether oxygens (including phenoxy) is 4. The highest BCUT2D eigenvalue weighted by Crippen LogP contribution is 2.26. The van der Waals surface area contributed by atoms with Crippen molar-refractivity contribution in [3.63, 3.8) is 0 Å². The van der Waals surface area contributed by atoms with Crippen LogP contribution in [0.1, 0.15) is 55.3 Å². The van der Waals surface area contributed by atoms with E-state index in [2.05, 4.69) is 9.99 Å². The van der Waals surface area contributed by atoms with E-state index in [0.717, 1.165) is 50.7 Å². The lowest BCUT2D eigenvalue weighted by atomic mass is 10.0. The molecule has 0 unspecified atom stereocenters. The summed E-state index contributed by atoms with van der Waals surface area (Å²) in [5, 5.41) is 3.48. The van der Waals surface area contributed by atoms with Crippen LogP contribution in [0.4, 0.5) is 8.78 Å². The summed E-state index contributed by atoms with van der Waals surface area (Å²) in [5.41, 5.74) is 8.97. The van der Waals surface area contributed by atoms with E-state index in [1.165, 1.54) is 7.11 Å². The fraction of sp³-hybridized carbons (Fsp3) is 0.169. The molecule has 78 heavy (non-hydrogen) atoms. The van der Waals surface area contributed by atoms with E-state index >= 15 is 4.39 Å². The van der Waals surface area contributed by atoms with Crippen LogP contribution in [0.3, 0.4) is 0 Å². The molecule has 13 heteroatoms. The molecule has 0 aliphatic rings. The first-order chi connectivity index (χ1) is 37.9. The van der Waals surface area contributed by atoms with Crippen LogP contribution >= 0.6 is 0 Å². The van der Waals surface area contributed by atoms with Crippen LogP contribution in [0.15, 0.2) is 224 Å². The molecule has 0 bridgehead atoms. The van der Waals surface area contributed by atoms with E-state index in [1.54, 1.807) is 86.6 Å². The maximum absolute atomic E-state index is 15.1. The Morgan fingerprint density at radius 3 is 0.923 bits per heavy atom. The van der Waals surface area contributed by atoms with Crippen LogP contribution in [-0.2, 0) is 28.6 Å². The maximum atomic E-state index is 15.1. The number of benzene rings is 8. The molecule has 8 aromatic rings. The number of rotatable bonds is 21. The lowest BCUT2D eigenvalue weighted by Gasteiger charge is -2.25. The highest BCUT2D eigenvalue weighted by atomic mass is 19.1. The third-order valence-electron chi connectivity index (χ3n) is 12.5. The molecule has 396 valence electrons. The topological polar surface area (TPSA) is 144 Å². The van der Waals surface area contributed by atoms with Crippen LogP contribution in [-0.4, -0.2) is 81.3 Å². The molecule has 0 saturated heterocycles. The molecule has 8 aromatic carbocycles. The molecule has 11 nitrogen and oxygen atoms in total. The molecular formula is C65H57F2NO10. The van der Waals surface area contributed by atoms with Gasteiger partial charge in [-0.1, -0.05) is 189 Å². The van der Waals surface area contributed by atoms with Crippen LogP contribution in [0, 0.1) is 11.8 Å². The Labute approximate surface area is 452 Å². The Morgan fingerprint density at radius 1 is 0.397 bits per heavy atom. The van der Waals surface area contributed by atoms with Crippen LogP contribution in [0.2, 0.25) is 0 Å². The minimum Gasteiger partial charge on any atom is -0.462 e. The van der Waals surface area contributed by atoms with E-state index in [0.29, 0.717) is 11.1 Å². The third kappa shape index (κ3) is 15.8. The molecule has 0 heterocycles. The average molecular weight is 1050 g/mol. The summed E-state index contributed by atoms with van der Waals surface area (Å²) in [5.74, 6) is -4.08. The SMILES string of the molecule is CON=C[C@@H](F)[C@H](OC(=O)c1ccc(-c2ccccc2)cc1)[C@@H](C)COC(=O)c1ccc(-c2ccccc2)cc1.C[C@@H](COC(=O)c1ccc(-c2ccccc2)cc1)[C@@H](OC(=O)c1ccc(-c2ccccc2)cc1)[C@H](F)C=O. The largest absolute Gasteiger partial charge is 0.462 e. The van der Waals surface area contributed by atoms with Gasteiger partial charge in [0.2, 0.25) is 0 Å². The van der Waals surface area contributed by atoms with E-state index in [1.807, 2.05) is 146 Å². The van der Waals surface area contributed by atoms with Crippen LogP contribution in [0.5, 0.6) is 0 Å². The summed E-state index contributed by atoms with van der Waals surface area (Å²) >= 11 is 0. The van der Waals surface area contributed by atoms with Gasteiger partial charge < -0.3 is 23.8 Å². The first kappa shape index (κ1) is 56.4. The summed E-state index contributed by atoms with van der Waals surface area (Å²) < 4.78 is 51.3. The second kappa shape index (κ2) is 28.5. The molecule has 0 N–H and O–H groups in total. The summed E-state index contributed by atoms with van der Waals surface area (Å²) in [6, 6.07) is 66.3. The van der Waals surface area contributed by atoms with Crippen molar-refractivity contribution in [2.75, 3.05) is 20.3 Å². The lowest BCUT2D eigenvalue weighted by molar-refractivity contribution is -0.117. The number of halogens is 2. The number of hydrogen-bond donors (Lipinski definition) is 0. The van der Waals surface area contributed by atoms with Gasteiger partial charge in [0.1, 0.15) is 19.3 Å². The standard InChI is InChI=1S/C33H30FNO5.C32H27FO5/c1-23(22-39-32(36)28-17-13-26(14-18-28)24-9-5-3-6-10-24)31(30(34)21-35-38-2)40-33(37)29-19-15-27(16-20-29)25-11-7-4-8-12-25;1-22(21-37-31(35)27-16-12-25(13-17-27)23-8-4-2-5-9-23)30(29(33)20-34)38-32(36)28-18-14-26(15-19-28)24-10-6-3-7-11-24/h3-21,23,30-31H,22H2,1-2H3;2-20,22,29-30H,21H2,1H3/t23-,30+,31+;22-,29+,30+/m00/s1. The van der Waals surface area contributed by atoms with Gasteiger partial charge in [-0.25, -0.2) is 28.0 Å². The van der Waals surface area contributed by atoms with Crippen molar-refractivity contribution in [3.8, 4) is 44.5 Å². The fourth-order valence-corrected chi connectivity index (χ4v) is 8.14. The Morgan fingerprint density at radius 2 is 0.654 bits per heavy atom. The van der Waals surface area contributed by atoms with Crippen molar-refractivity contribution in [2.45, 2.75) is 38.4 Å². The summed E-state index contributed by atoms with van der Waals surface area (Å²) in [6.45, 7) is 2.78. The van der Waals surface area contributed by atoms with Gasteiger partial charge in [0.25, 0.3) is 0 Å². The number of alkyl halides is 2. The van der Waals surface area contributed by atoms with Crippen LogP contribution in [0.25, 0.3) is 44.5 Å². The maximum Gasteiger partial charge on any atom is 0.338 e. The normalized spacial score (nSPS) is 13.2. The molecule has 0 radical (unpaired) electrons. The van der Waals surface area contributed by atoms with Gasteiger partial charge in [-0.15, -0.1) is 0 Å². The average Bonchev–Trinajstić information content (AvgIpc) is 3.50. The predicted octanol–water partition coefficient (Wildman–Crippen LogP) is 13.6. The van der Waals surface area contributed by atoms with Gasteiger partial charge in [-0.2, -0.15) is 0 Å². The first-order valence-electron chi connectivity index (χ1n) is 25.1. The Balaban J connectivity index is 0.000000226. The van der Waals surface area contributed by atoms with E-state index in [-0.39, 0.29) is 30.6 Å². The zero-order chi connectivity index (χ0) is 55.2. The minimum atomic E-state index is -2.07. The van der Waals surface area contributed by atoms with Crippen molar-refractivity contribution in [1.29, 1.82) is 0 Å². The van der Waals surface area contributed by atoms with E-state index in [9.17, 15) is 28.4 Å². The monoisotopic (exact) mass is 1050 g/mol. The Kier molecular flexibility index (Phi) is 20.6. The van der Waals surface area contributed by atoms with Gasteiger partial charge >= 0.3 is 23.9 Å². The predicted molar refractivity (Wildman–Crippen MR) is 296 cm³/mol. The van der Waals surface area contributed by atoms with Gasteiger partial charge in [-0.05, 0) is 93.0 Å². The fourth-order valence-electron chi connectivity index (χ4n) is 8.14. The lowest BCUT2D eigenvalue weighted by Crippen LogP contribution is -2.37. The number of nitrogens with zero attached hydrogens (tertiary/aromatic N) is 1. The summed E-state index contributed by atoms with van der Waals surface area (Å²) in [6.07, 6.45) is -5.54. The molecule has 0 aliphatic heterocycles. The number of aldehydes is 1. The van der Waals surface area contributed by atoms with Gasteiger partial charge in [0.05, 0.1) is 41.7 Å². The number of esters is 4. The van der Waals surface area contributed by atoms with Crippen LogP contribution < -0.4 is 0 Å². The van der Waals surface area contributed by atoms with Crippen molar-refractivity contribution < 1.29 is 56.5 Å². The molecule has 0 saturated carbocycles. The molecule has 0 aliphatic carbocycles. The zero-order valence-corrected chi connectivity index (χ0v) is 43.1. The third-order valence-corrected chi connectivity index (χ3v) is 12.5. The van der Waals surface area contributed by atoms with Crippen molar-refractivity contribution in [2.24, 2.45) is 17.0 Å². The van der Waals surface area contributed by atoms with E-state index < -0.39 is 60.3 Å². The zero-order valence-electron chi connectivity index (χ0n) is 43.1. The quantitative estimate of drug-likeness (QED) is 0.0224. The number of oxime groups is 1. The highest BCUT2D eigenvalue weighted by molar-refractivity contribution is 5.92. The second-order valence-corrected chi connectivity index (χ2v) is 18.1. The molecule has 0 amide bonds. The second-order valence-electron chi connectivity index (χ2n) is 18.1. The summed E-state index contributed by atoms with van der Waals surface area (Å²) in [4.78, 5) is 66.7. The summed E-state index contributed by atoms with van der Waals surface area (Å²) in [7, 11) is 1.28. The number of carbonyl (C=O) groups excluding carboxylic acids is 5. The van der Waals surface area contributed by atoms with Gasteiger partial charge in [0, 0.05) is 11.8 Å². The van der Waals surface area contributed by atoms with Crippen molar-refractivity contribution in [1.82, 2.24) is 0 Å². The van der Waals surface area contributed by atoms with Gasteiger partial charge in [0.15, 0.2) is 18.6 Å². The number of carbonyl (C=O) groups is 5.